The molecule has 0 amide bonds. The second-order valence-electron chi connectivity index (χ2n) is 6.63. The van der Waals surface area contributed by atoms with Crippen LogP contribution in [0.15, 0.2) is 64.3 Å². The topological polar surface area (TPSA) is 92.7 Å². The van der Waals surface area contributed by atoms with Gasteiger partial charge in [-0.3, -0.25) is 9.78 Å². The van der Waals surface area contributed by atoms with E-state index in [0.717, 1.165) is 10.1 Å². The monoisotopic (exact) mass is 391 g/mol. The van der Waals surface area contributed by atoms with E-state index in [4.69, 9.17) is 0 Å². The molecule has 4 aromatic rings. The third-order valence-corrected chi connectivity index (χ3v) is 4.55. The van der Waals surface area contributed by atoms with Gasteiger partial charge in [0.15, 0.2) is 5.65 Å². The standard InChI is InChI=1S/C21H18FN5O2/c1-13-5-4-7-15(11-13)27-19(28)16-12-24-20(25-18(16)26-21(27)29)23-10-9-14-6-2-3-8-17(14)22/h2-8,11-12H,9-10H2,1H3,(H2,23,24,25,26,29). The van der Waals surface area contributed by atoms with E-state index in [0.29, 0.717) is 24.2 Å². The molecule has 0 saturated heterocycles. The summed E-state index contributed by atoms with van der Waals surface area (Å²) in [4.78, 5) is 36.3. The predicted octanol–water partition coefficient (Wildman–Crippen LogP) is 2.57. The maximum absolute atomic E-state index is 13.7. The Morgan fingerprint density at radius 2 is 1.97 bits per heavy atom. The van der Waals surface area contributed by atoms with Crippen molar-refractivity contribution in [3.63, 3.8) is 0 Å². The Morgan fingerprint density at radius 3 is 2.76 bits per heavy atom. The summed E-state index contributed by atoms with van der Waals surface area (Å²) in [6.07, 6.45) is 1.82. The quantitative estimate of drug-likeness (QED) is 0.546. The minimum Gasteiger partial charge on any atom is -0.354 e. The summed E-state index contributed by atoms with van der Waals surface area (Å²) in [5.41, 5.74) is 1.06. The first-order valence-electron chi connectivity index (χ1n) is 9.09. The van der Waals surface area contributed by atoms with Crippen LogP contribution < -0.4 is 16.6 Å². The Kier molecular flexibility index (Phi) is 4.90. The van der Waals surface area contributed by atoms with Gasteiger partial charge in [-0.15, -0.1) is 0 Å². The fraction of sp³-hybridized carbons (Fsp3) is 0.143. The van der Waals surface area contributed by atoms with Crippen LogP contribution in [0.2, 0.25) is 0 Å². The molecular weight excluding hydrogens is 373 g/mol. The summed E-state index contributed by atoms with van der Waals surface area (Å²) >= 11 is 0. The van der Waals surface area contributed by atoms with Crippen LogP contribution in [0.25, 0.3) is 16.7 Å². The number of nitrogens with zero attached hydrogens (tertiary/aromatic N) is 3. The highest BCUT2D eigenvalue weighted by molar-refractivity contribution is 5.73. The largest absolute Gasteiger partial charge is 0.354 e. The van der Waals surface area contributed by atoms with Crippen molar-refractivity contribution in [1.82, 2.24) is 19.5 Å². The lowest BCUT2D eigenvalue weighted by Crippen LogP contribution is -2.34. The number of H-pyrrole nitrogens is 1. The average Bonchev–Trinajstić information content (AvgIpc) is 2.69. The normalized spacial score (nSPS) is 11.0. The SMILES string of the molecule is Cc1cccc(-n2c(=O)[nH]c3nc(NCCc4ccccc4F)ncc3c2=O)c1. The number of benzene rings is 2. The van der Waals surface area contributed by atoms with Crippen LogP contribution in [0, 0.1) is 12.7 Å². The van der Waals surface area contributed by atoms with Crippen molar-refractivity contribution in [3.05, 3.63) is 92.5 Å². The van der Waals surface area contributed by atoms with E-state index in [1.54, 1.807) is 36.4 Å². The van der Waals surface area contributed by atoms with Gasteiger partial charge in [0, 0.05) is 12.7 Å². The summed E-state index contributed by atoms with van der Waals surface area (Å²) in [5.74, 6) is -0.0213. The fourth-order valence-corrected chi connectivity index (χ4v) is 3.10. The minimum absolute atomic E-state index is 0.146. The second-order valence-corrected chi connectivity index (χ2v) is 6.63. The van der Waals surface area contributed by atoms with Crippen LogP contribution in [-0.4, -0.2) is 26.1 Å². The van der Waals surface area contributed by atoms with E-state index >= 15 is 0 Å². The summed E-state index contributed by atoms with van der Waals surface area (Å²) in [7, 11) is 0. The number of fused-ring (bicyclic) bond motifs is 1. The molecule has 2 aromatic heterocycles. The lowest BCUT2D eigenvalue weighted by molar-refractivity contribution is 0.610. The summed E-state index contributed by atoms with van der Waals surface area (Å²) in [5, 5.41) is 3.19. The smallest absolute Gasteiger partial charge is 0.334 e. The highest BCUT2D eigenvalue weighted by atomic mass is 19.1. The molecule has 4 rings (SSSR count). The Hall–Kier alpha value is -3.81. The van der Waals surface area contributed by atoms with E-state index in [-0.39, 0.29) is 22.8 Å². The molecule has 8 heteroatoms. The lowest BCUT2D eigenvalue weighted by Gasteiger charge is -2.08. The maximum Gasteiger partial charge on any atom is 0.334 e. The lowest BCUT2D eigenvalue weighted by atomic mass is 10.1. The molecule has 0 spiro atoms. The average molecular weight is 391 g/mol. The Balaban J connectivity index is 1.62. The van der Waals surface area contributed by atoms with Gasteiger partial charge in [-0.2, -0.15) is 4.98 Å². The van der Waals surface area contributed by atoms with Crippen molar-refractivity contribution < 1.29 is 4.39 Å². The highest BCUT2D eigenvalue weighted by Gasteiger charge is 2.12. The molecule has 0 aliphatic rings. The molecule has 2 aromatic carbocycles. The van der Waals surface area contributed by atoms with Crippen LogP contribution in [-0.2, 0) is 6.42 Å². The second kappa shape index (κ2) is 7.67. The van der Waals surface area contributed by atoms with Crippen molar-refractivity contribution in [1.29, 1.82) is 0 Å². The van der Waals surface area contributed by atoms with Gasteiger partial charge < -0.3 is 5.32 Å². The van der Waals surface area contributed by atoms with E-state index in [1.165, 1.54) is 12.3 Å². The van der Waals surface area contributed by atoms with Gasteiger partial charge in [-0.25, -0.2) is 18.7 Å². The number of hydrogen-bond acceptors (Lipinski definition) is 5. The highest BCUT2D eigenvalue weighted by Crippen LogP contribution is 2.10. The molecule has 0 aliphatic carbocycles. The molecule has 0 aliphatic heterocycles. The van der Waals surface area contributed by atoms with Crippen molar-refractivity contribution in [2.24, 2.45) is 0 Å². The minimum atomic E-state index is -0.580. The van der Waals surface area contributed by atoms with Gasteiger partial charge >= 0.3 is 5.69 Å². The molecule has 2 heterocycles. The van der Waals surface area contributed by atoms with Crippen molar-refractivity contribution in [3.8, 4) is 5.69 Å². The zero-order valence-corrected chi connectivity index (χ0v) is 15.6. The Labute approximate surface area is 164 Å². The van der Waals surface area contributed by atoms with Gasteiger partial charge in [0.2, 0.25) is 5.95 Å². The molecular formula is C21H18FN5O2. The Bertz CT molecular complexity index is 1310. The molecule has 0 radical (unpaired) electrons. The zero-order valence-electron chi connectivity index (χ0n) is 15.6. The first kappa shape index (κ1) is 18.5. The number of hydrogen-bond donors (Lipinski definition) is 2. The number of aryl methyl sites for hydroxylation is 1. The number of anilines is 1. The number of rotatable bonds is 5. The molecule has 0 bridgehead atoms. The molecule has 146 valence electrons. The van der Waals surface area contributed by atoms with Gasteiger partial charge in [0.25, 0.3) is 5.56 Å². The van der Waals surface area contributed by atoms with Crippen LogP contribution in [0.4, 0.5) is 10.3 Å². The maximum atomic E-state index is 13.7. The van der Waals surface area contributed by atoms with E-state index < -0.39 is 11.2 Å². The van der Waals surface area contributed by atoms with Crippen molar-refractivity contribution >= 4 is 17.0 Å². The third kappa shape index (κ3) is 3.77. The molecule has 2 N–H and O–H groups in total. The Morgan fingerprint density at radius 1 is 1.14 bits per heavy atom. The summed E-state index contributed by atoms with van der Waals surface area (Å²) in [6.45, 7) is 2.28. The van der Waals surface area contributed by atoms with Gasteiger partial charge in [-0.05, 0) is 42.7 Å². The summed E-state index contributed by atoms with van der Waals surface area (Å²) in [6, 6.07) is 13.6. The number of halogens is 1. The molecule has 0 atom stereocenters. The number of aromatic amines is 1. The first-order valence-corrected chi connectivity index (χ1v) is 9.09. The number of nitrogens with one attached hydrogen (secondary N) is 2. The van der Waals surface area contributed by atoms with Crippen LogP contribution in [0.1, 0.15) is 11.1 Å². The molecule has 0 unspecified atom stereocenters. The van der Waals surface area contributed by atoms with E-state index in [9.17, 15) is 14.0 Å². The van der Waals surface area contributed by atoms with E-state index in [2.05, 4.69) is 20.3 Å². The summed E-state index contributed by atoms with van der Waals surface area (Å²) < 4.78 is 14.7. The number of aromatic nitrogens is 4. The van der Waals surface area contributed by atoms with Gasteiger partial charge in [0.1, 0.15) is 11.2 Å². The third-order valence-electron chi connectivity index (χ3n) is 4.55. The van der Waals surface area contributed by atoms with Crippen molar-refractivity contribution in [2.75, 3.05) is 11.9 Å². The van der Waals surface area contributed by atoms with Gasteiger partial charge in [0.05, 0.1) is 5.69 Å². The molecule has 0 saturated carbocycles. The zero-order chi connectivity index (χ0) is 20.4. The van der Waals surface area contributed by atoms with Crippen LogP contribution >= 0.6 is 0 Å². The fourth-order valence-electron chi connectivity index (χ4n) is 3.10. The van der Waals surface area contributed by atoms with Crippen molar-refractivity contribution in [2.45, 2.75) is 13.3 Å². The first-order chi connectivity index (χ1) is 14.0. The predicted molar refractivity (Wildman–Crippen MR) is 109 cm³/mol. The molecule has 0 fully saturated rings. The van der Waals surface area contributed by atoms with Gasteiger partial charge in [-0.1, -0.05) is 30.3 Å². The van der Waals surface area contributed by atoms with Crippen LogP contribution in [0.3, 0.4) is 0 Å². The van der Waals surface area contributed by atoms with E-state index in [1.807, 2.05) is 13.0 Å². The molecule has 29 heavy (non-hydrogen) atoms. The van der Waals surface area contributed by atoms with Crippen LogP contribution in [0.5, 0.6) is 0 Å². The molecule has 7 nitrogen and oxygen atoms in total.